The average Bonchev–Trinajstić information content (AvgIpc) is 2.16. The van der Waals surface area contributed by atoms with Crippen molar-refractivity contribution in [3.05, 3.63) is 0 Å². The Labute approximate surface area is 74.4 Å². The zero-order valence-electron chi connectivity index (χ0n) is 8.01. The van der Waals surface area contributed by atoms with Crippen molar-refractivity contribution in [3.63, 3.8) is 0 Å². The minimum absolute atomic E-state index is 0.313. The Bertz CT molecular complexity index is 113. The summed E-state index contributed by atoms with van der Waals surface area (Å²) in [7, 11) is 1.75. The largest absolute Gasteiger partial charge is 0.381 e. The molecule has 0 radical (unpaired) electrons. The highest BCUT2D eigenvalue weighted by Gasteiger charge is 2.13. The third-order valence-electron chi connectivity index (χ3n) is 2.32. The molecule has 1 N–H and O–H groups in total. The first kappa shape index (κ1) is 9.96. The molecular weight excluding hydrogens is 154 g/mol. The third kappa shape index (κ3) is 3.52. The molecule has 1 atom stereocenters. The lowest BCUT2D eigenvalue weighted by Gasteiger charge is -2.24. The molecule has 0 aromatic carbocycles. The van der Waals surface area contributed by atoms with Crippen molar-refractivity contribution in [1.29, 1.82) is 0 Å². The third-order valence-corrected chi connectivity index (χ3v) is 2.32. The van der Waals surface area contributed by atoms with Gasteiger partial charge in [0.1, 0.15) is 0 Å². The van der Waals surface area contributed by atoms with Gasteiger partial charge in [-0.3, -0.25) is 0 Å². The van der Waals surface area contributed by atoms with Gasteiger partial charge in [0, 0.05) is 32.9 Å². The highest BCUT2D eigenvalue weighted by molar-refractivity contribution is 4.71. The minimum Gasteiger partial charge on any atom is -0.381 e. The fourth-order valence-electron chi connectivity index (χ4n) is 1.32. The van der Waals surface area contributed by atoms with Crippen LogP contribution in [0.25, 0.3) is 0 Å². The first-order valence-corrected chi connectivity index (χ1v) is 4.67. The lowest BCUT2D eigenvalue weighted by atomic mass is 10.1. The number of rotatable bonds is 4. The van der Waals surface area contributed by atoms with Crippen LogP contribution in [-0.2, 0) is 9.47 Å². The molecule has 0 unspecified atom stereocenters. The first-order valence-electron chi connectivity index (χ1n) is 4.67. The number of ether oxygens (including phenoxy) is 2. The molecule has 1 fully saturated rings. The van der Waals surface area contributed by atoms with Gasteiger partial charge < -0.3 is 14.8 Å². The molecule has 3 heteroatoms. The summed E-state index contributed by atoms with van der Waals surface area (Å²) in [4.78, 5) is 0. The van der Waals surface area contributed by atoms with Crippen LogP contribution in [0.3, 0.4) is 0 Å². The molecule has 1 heterocycles. The van der Waals surface area contributed by atoms with Crippen molar-refractivity contribution in [2.24, 2.45) is 0 Å². The summed E-state index contributed by atoms with van der Waals surface area (Å²) in [6.07, 6.45) is 2.58. The molecule has 1 aliphatic heterocycles. The van der Waals surface area contributed by atoms with Crippen LogP contribution in [0, 0.1) is 0 Å². The molecule has 0 aromatic rings. The van der Waals surface area contributed by atoms with Gasteiger partial charge in [0.15, 0.2) is 0 Å². The van der Waals surface area contributed by atoms with Crippen molar-refractivity contribution >= 4 is 0 Å². The van der Waals surface area contributed by atoms with Crippen LogP contribution in [-0.4, -0.2) is 39.0 Å². The fraction of sp³-hybridized carbons (Fsp3) is 1.00. The maximum atomic E-state index is 5.26. The Morgan fingerprint density at radius 3 is 2.75 bits per heavy atom. The quantitative estimate of drug-likeness (QED) is 0.682. The second kappa shape index (κ2) is 5.51. The summed E-state index contributed by atoms with van der Waals surface area (Å²) in [5.41, 5.74) is 0. The van der Waals surface area contributed by atoms with Crippen LogP contribution >= 0.6 is 0 Å². The fourth-order valence-corrected chi connectivity index (χ4v) is 1.32. The van der Waals surface area contributed by atoms with Crippen LogP contribution in [0.4, 0.5) is 0 Å². The number of methoxy groups -OCH3 is 1. The standard InChI is InChI=1S/C9H19NO2/c1-8(11-2)7-10-9-3-5-12-6-4-9/h8-10H,3-7H2,1-2H3/t8-/m0/s1. The van der Waals surface area contributed by atoms with Gasteiger partial charge in [0.05, 0.1) is 6.10 Å². The molecular formula is C9H19NO2. The Morgan fingerprint density at radius 2 is 2.17 bits per heavy atom. The van der Waals surface area contributed by atoms with Crippen LogP contribution < -0.4 is 5.32 Å². The Kier molecular flexibility index (Phi) is 4.58. The van der Waals surface area contributed by atoms with E-state index in [1.54, 1.807) is 7.11 Å². The van der Waals surface area contributed by atoms with Gasteiger partial charge in [-0.2, -0.15) is 0 Å². The Morgan fingerprint density at radius 1 is 1.50 bits per heavy atom. The van der Waals surface area contributed by atoms with E-state index in [2.05, 4.69) is 12.2 Å². The molecule has 0 saturated carbocycles. The van der Waals surface area contributed by atoms with E-state index in [1.807, 2.05) is 0 Å². The van der Waals surface area contributed by atoms with E-state index in [-0.39, 0.29) is 0 Å². The monoisotopic (exact) mass is 173 g/mol. The van der Waals surface area contributed by atoms with E-state index in [4.69, 9.17) is 9.47 Å². The molecule has 0 aliphatic carbocycles. The lowest BCUT2D eigenvalue weighted by molar-refractivity contribution is 0.0678. The summed E-state index contributed by atoms with van der Waals surface area (Å²) in [5.74, 6) is 0. The molecule has 1 saturated heterocycles. The van der Waals surface area contributed by atoms with Crippen molar-refractivity contribution in [2.75, 3.05) is 26.9 Å². The second-order valence-corrected chi connectivity index (χ2v) is 3.34. The topological polar surface area (TPSA) is 30.5 Å². The van der Waals surface area contributed by atoms with E-state index in [1.165, 1.54) is 0 Å². The summed E-state index contributed by atoms with van der Waals surface area (Å²) in [6, 6.07) is 0.636. The second-order valence-electron chi connectivity index (χ2n) is 3.34. The zero-order valence-corrected chi connectivity index (χ0v) is 8.01. The van der Waals surface area contributed by atoms with E-state index in [9.17, 15) is 0 Å². The first-order chi connectivity index (χ1) is 5.83. The van der Waals surface area contributed by atoms with Gasteiger partial charge in [-0.05, 0) is 19.8 Å². The Hall–Kier alpha value is -0.120. The summed E-state index contributed by atoms with van der Waals surface area (Å²) in [6.45, 7) is 4.82. The molecule has 0 amide bonds. The van der Waals surface area contributed by atoms with Gasteiger partial charge in [-0.25, -0.2) is 0 Å². The van der Waals surface area contributed by atoms with E-state index in [0.717, 1.165) is 32.6 Å². The minimum atomic E-state index is 0.313. The maximum Gasteiger partial charge on any atom is 0.0667 e. The predicted molar refractivity (Wildman–Crippen MR) is 48.3 cm³/mol. The van der Waals surface area contributed by atoms with Crippen molar-refractivity contribution in [3.8, 4) is 0 Å². The van der Waals surface area contributed by atoms with Crippen molar-refractivity contribution in [2.45, 2.75) is 31.9 Å². The van der Waals surface area contributed by atoms with Crippen LogP contribution in [0.2, 0.25) is 0 Å². The summed E-state index contributed by atoms with van der Waals surface area (Å²) in [5, 5.41) is 3.47. The SMILES string of the molecule is CO[C@@H](C)CNC1CCOCC1. The average molecular weight is 173 g/mol. The maximum absolute atomic E-state index is 5.26. The smallest absolute Gasteiger partial charge is 0.0667 e. The molecule has 0 bridgehead atoms. The zero-order chi connectivity index (χ0) is 8.81. The molecule has 72 valence electrons. The molecule has 1 aliphatic rings. The molecule has 0 aromatic heterocycles. The van der Waals surface area contributed by atoms with Crippen LogP contribution in [0.5, 0.6) is 0 Å². The molecule has 12 heavy (non-hydrogen) atoms. The van der Waals surface area contributed by atoms with Crippen molar-refractivity contribution in [1.82, 2.24) is 5.32 Å². The van der Waals surface area contributed by atoms with Gasteiger partial charge >= 0.3 is 0 Å². The van der Waals surface area contributed by atoms with E-state index < -0.39 is 0 Å². The summed E-state index contributed by atoms with van der Waals surface area (Å²) >= 11 is 0. The van der Waals surface area contributed by atoms with Crippen LogP contribution in [0.15, 0.2) is 0 Å². The van der Waals surface area contributed by atoms with Crippen LogP contribution in [0.1, 0.15) is 19.8 Å². The number of hydrogen-bond donors (Lipinski definition) is 1. The highest BCUT2D eigenvalue weighted by Crippen LogP contribution is 2.05. The number of nitrogens with one attached hydrogen (secondary N) is 1. The van der Waals surface area contributed by atoms with Crippen molar-refractivity contribution < 1.29 is 9.47 Å². The van der Waals surface area contributed by atoms with Gasteiger partial charge in [-0.15, -0.1) is 0 Å². The van der Waals surface area contributed by atoms with E-state index in [0.29, 0.717) is 12.1 Å². The predicted octanol–water partition coefficient (Wildman–Crippen LogP) is 0.790. The lowest BCUT2D eigenvalue weighted by Crippen LogP contribution is -2.38. The molecule has 0 spiro atoms. The van der Waals surface area contributed by atoms with E-state index >= 15 is 0 Å². The number of hydrogen-bond acceptors (Lipinski definition) is 3. The van der Waals surface area contributed by atoms with Gasteiger partial charge in [0.25, 0.3) is 0 Å². The van der Waals surface area contributed by atoms with Gasteiger partial charge in [0.2, 0.25) is 0 Å². The Balaban J connectivity index is 2.05. The molecule has 3 nitrogen and oxygen atoms in total. The normalized spacial score (nSPS) is 22.5. The van der Waals surface area contributed by atoms with Gasteiger partial charge in [-0.1, -0.05) is 0 Å². The molecule has 1 rings (SSSR count). The summed E-state index contributed by atoms with van der Waals surface area (Å²) < 4.78 is 10.4. The highest BCUT2D eigenvalue weighted by atomic mass is 16.5.